The molecule has 25 heavy (non-hydrogen) atoms. The summed E-state index contributed by atoms with van der Waals surface area (Å²) in [7, 11) is 1.27. The van der Waals surface area contributed by atoms with Gasteiger partial charge in [0.1, 0.15) is 5.75 Å². The molecule has 0 saturated carbocycles. The fourth-order valence-corrected chi connectivity index (χ4v) is 2.10. The number of rotatable bonds is 6. The van der Waals surface area contributed by atoms with Crippen LogP contribution in [0.2, 0.25) is 0 Å². The van der Waals surface area contributed by atoms with Crippen molar-refractivity contribution in [2.24, 2.45) is 0 Å². The molecule has 0 radical (unpaired) electrons. The van der Waals surface area contributed by atoms with Gasteiger partial charge in [-0.05, 0) is 24.3 Å². The van der Waals surface area contributed by atoms with Gasteiger partial charge in [0, 0.05) is 6.92 Å². The Balaban J connectivity index is 2.03. The molecule has 7 heteroatoms. The van der Waals surface area contributed by atoms with Gasteiger partial charge in [0.05, 0.1) is 24.0 Å². The number of amides is 2. The highest BCUT2D eigenvalue weighted by Gasteiger charge is 2.14. The summed E-state index contributed by atoms with van der Waals surface area (Å²) in [4.78, 5) is 35.0. The molecular formula is C18H18N2O5. The Labute approximate surface area is 144 Å². The first kappa shape index (κ1) is 18.0. The van der Waals surface area contributed by atoms with Crippen molar-refractivity contribution in [1.29, 1.82) is 0 Å². The molecular weight excluding hydrogens is 324 g/mol. The molecule has 0 bridgehead atoms. The summed E-state index contributed by atoms with van der Waals surface area (Å²) in [5, 5.41) is 5.23. The van der Waals surface area contributed by atoms with Gasteiger partial charge in [-0.3, -0.25) is 9.59 Å². The lowest BCUT2D eigenvalue weighted by Crippen LogP contribution is -2.22. The third-order valence-corrected chi connectivity index (χ3v) is 3.16. The number of carbonyl (C=O) groups excluding carboxylic acids is 3. The Kier molecular flexibility index (Phi) is 6.11. The summed E-state index contributed by atoms with van der Waals surface area (Å²) in [5.74, 6) is -0.872. The number of hydrogen-bond acceptors (Lipinski definition) is 5. The average molecular weight is 342 g/mol. The Bertz CT molecular complexity index is 789. The van der Waals surface area contributed by atoms with Crippen molar-refractivity contribution in [1.82, 2.24) is 0 Å². The Hall–Kier alpha value is -3.35. The molecule has 0 atom stereocenters. The molecule has 2 aromatic carbocycles. The number of anilines is 2. The van der Waals surface area contributed by atoms with Gasteiger partial charge in [0.2, 0.25) is 5.91 Å². The van der Waals surface area contributed by atoms with Crippen molar-refractivity contribution >= 4 is 29.2 Å². The minimum atomic E-state index is -0.548. The zero-order chi connectivity index (χ0) is 18.2. The second-order valence-corrected chi connectivity index (χ2v) is 5.05. The van der Waals surface area contributed by atoms with Crippen LogP contribution in [0.3, 0.4) is 0 Å². The molecule has 7 nitrogen and oxygen atoms in total. The maximum atomic E-state index is 12.1. The Morgan fingerprint density at radius 1 is 0.920 bits per heavy atom. The topological polar surface area (TPSA) is 93.7 Å². The molecule has 2 amide bonds. The SMILES string of the molecule is COC(=O)c1ccccc1NC(=O)COc1ccccc1NC(C)=O. The Morgan fingerprint density at radius 3 is 2.24 bits per heavy atom. The minimum Gasteiger partial charge on any atom is -0.482 e. The molecule has 2 aromatic rings. The molecule has 2 rings (SSSR count). The van der Waals surface area contributed by atoms with Gasteiger partial charge in [-0.25, -0.2) is 4.79 Å². The number of para-hydroxylation sites is 3. The van der Waals surface area contributed by atoms with Crippen LogP contribution in [0, 0.1) is 0 Å². The highest BCUT2D eigenvalue weighted by atomic mass is 16.5. The second-order valence-electron chi connectivity index (χ2n) is 5.05. The molecule has 0 heterocycles. The van der Waals surface area contributed by atoms with Crippen molar-refractivity contribution < 1.29 is 23.9 Å². The zero-order valence-electron chi connectivity index (χ0n) is 13.9. The van der Waals surface area contributed by atoms with Crippen LogP contribution in [0.15, 0.2) is 48.5 Å². The fraction of sp³-hybridized carbons (Fsp3) is 0.167. The van der Waals surface area contributed by atoms with Gasteiger partial charge in [0.25, 0.3) is 5.91 Å². The first-order valence-electron chi connectivity index (χ1n) is 7.48. The predicted octanol–water partition coefficient (Wildman–Crippen LogP) is 2.45. The maximum absolute atomic E-state index is 12.1. The first-order valence-corrected chi connectivity index (χ1v) is 7.48. The van der Waals surface area contributed by atoms with Gasteiger partial charge in [-0.1, -0.05) is 24.3 Å². The minimum absolute atomic E-state index is 0.243. The Morgan fingerprint density at radius 2 is 1.56 bits per heavy atom. The molecule has 0 fully saturated rings. The van der Waals surface area contributed by atoms with Gasteiger partial charge in [-0.15, -0.1) is 0 Å². The lowest BCUT2D eigenvalue weighted by Gasteiger charge is -2.12. The molecule has 0 unspecified atom stereocenters. The highest BCUT2D eigenvalue weighted by Crippen LogP contribution is 2.23. The van der Waals surface area contributed by atoms with Crippen molar-refractivity contribution in [2.75, 3.05) is 24.4 Å². The van der Waals surface area contributed by atoms with Crippen LogP contribution < -0.4 is 15.4 Å². The van der Waals surface area contributed by atoms with Crippen LogP contribution in [-0.2, 0) is 14.3 Å². The standard InChI is InChI=1S/C18H18N2O5/c1-12(21)19-15-9-5-6-10-16(15)25-11-17(22)20-14-8-4-3-7-13(14)18(23)24-2/h3-10H,11H2,1-2H3,(H,19,21)(H,20,22). The smallest absolute Gasteiger partial charge is 0.339 e. The number of methoxy groups -OCH3 is 1. The summed E-state index contributed by atoms with van der Waals surface area (Å²) >= 11 is 0. The molecule has 0 saturated heterocycles. The third-order valence-electron chi connectivity index (χ3n) is 3.16. The number of esters is 1. The monoisotopic (exact) mass is 342 g/mol. The molecule has 0 aromatic heterocycles. The first-order chi connectivity index (χ1) is 12.0. The van der Waals surface area contributed by atoms with E-state index in [0.717, 1.165) is 0 Å². The van der Waals surface area contributed by atoms with Gasteiger partial charge in [0.15, 0.2) is 6.61 Å². The van der Waals surface area contributed by atoms with E-state index in [1.54, 1.807) is 48.5 Å². The normalized spacial score (nSPS) is 9.84. The van der Waals surface area contributed by atoms with Gasteiger partial charge < -0.3 is 20.1 Å². The summed E-state index contributed by atoms with van der Waals surface area (Å²) in [6.45, 7) is 1.10. The zero-order valence-corrected chi connectivity index (χ0v) is 13.9. The van der Waals surface area contributed by atoms with E-state index in [1.807, 2.05) is 0 Å². The van der Waals surface area contributed by atoms with E-state index in [2.05, 4.69) is 15.4 Å². The van der Waals surface area contributed by atoms with Crippen LogP contribution in [0.5, 0.6) is 5.75 Å². The molecule has 0 aliphatic rings. The maximum Gasteiger partial charge on any atom is 0.339 e. The molecule has 0 aliphatic carbocycles. The molecule has 2 N–H and O–H groups in total. The van der Waals surface area contributed by atoms with E-state index >= 15 is 0 Å². The second kappa shape index (κ2) is 8.49. The number of ether oxygens (including phenoxy) is 2. The molecule has 0 aliphatic heterocycles. The average Bonchev–Trinajstić information content (AvgIpc) is 2.60. The summed E-state index contributed by atoms with van der Waals surface area (Å²) in [5.41, 5.74) is 1.05. The fourth-order valence-electron chi connectivity index (χ4n) is 2.10. The van der Waals surface area contributed by atoms with Gasteiger partial charge in [-0.2, -0.15) is 0 Å². The third kappa shape index (κ3) is 5.07. The van der Waals surface area contributed by atoms with Gasteiger partial charge >= 0.3 is 5.97 Å². The molecule has 130 valence electrons. The summed E-state index contributed by atoms with van der Waals surface area (Å²) < 4.78 is 10.1. The van der Waals surface area contributed by atoms with E-state index in [4.69, 9.17) is 4.74 Å². The number of nitrogens with one attached hydrogen (secondary N) is 2. The summed E-state index contributed by atoms with van der Waals surface area (Å²) in [6.07, 6.45) is 0. The van der Waals surface area contributed by atoms with E-state index in [9.17, 15) is 14.4 Å². The van der Waals surface area contributed by atoms with E-state index in [0.29, 0.717) is 17.1 Å². The van der Waals surface area contributed by atoms with E-state index in [1.165, 1.54) is 14.0 Å². The van der Waals surface area contributed by atoms with Crippen LogP contribution >= 0.6 is 0 Å². The number of hydrogen-bond donors (Lipinski definition) is 2. The highest BCUT2D eigenvalue weighted by molar-refractivity contribution is 6.01. The van der Waals surface area contributed by atoms with E-state index in [-0.39, 0.29) is 18.1 Å². The number of benzene rings is 2. The van der Waals surface area contributed by atoms with Crippen LogP contribution in [-0.4, -0.2) is 31.5 Å². The number of carbonyl (C=O) groups is 3. The van der Waals surface area contributed by atoms with E-state index < -0.39 is 11.9 Å². The van der Waals surface area contributed by atoms with Crippen molar-refractivity contribution in [2.45, 2.75) is 6.92 Å². The lowest BCUT2D eigenvalue weighted by molar-refractivity contribution is -0.118. The quantitative estimate of drug-likeness (QED) is 0.787. The lowest BCUT2D eigenvalue weighted by atomic mass is 10.2. The van der Waals surface area contributed by atoms with Crippen LogP contribution in [0.4, 0.5) is 11.4 Å². The van der Waals surface area contributed by atoms with Crippen molar-refractivity contribution in [3.63, 3.8) is 0 Å². The van der Waals surface area contributed by atoms with Crippen LogP contribution in [0.1, 0.15) is 17.3 Å². The van der Waals surface area contributed by atoms with Crippen molar-refractivity contribution in [3.05, 3.63) is 54.1 Å². The predicted molar refractivity (Wildman–Crippen MR) is 92.7 cm³/mol. The largest absolute Gasteiger partial charge is 0.482 e. The summed E-state index contributed by atoms with van der Waals surface area (Å²) in [6, 6.07) is 13.3. The van der Waals surface area contributed by atoms with Crippen molar-refractivity contribution in [3.8, 4) is 5.75 Å². The molecule has 0 spiro atoms. The van der Waals surface area contributed by atoms with Crippen LogP contribution in [0.25, 0.3) is 0 Å².